The van der Waals surface area contributed by atoms with Crippen LogP contribution >= 0.6 is 0 Å². The van der Waals surface area contributed by atoms with Gasteiger partial charge in [-0.25, -0.2) is 4.98 Å². The van der Waals surface area contributed by atoms with E-state index in [2.05, 4.69) is 10.3 Å². The topological polar surface area (TPSA) is 141 Å². The maximum absolute atomic E-state index is 14.3. The number of amides is 2. The van der Waals surface area contributed by atoms with Crippen LogP contribution in [-0.2, 0) is 4.74 Å². The van der Waals surface area contributed by atoms with E-state index in [9.17, 15) is 14.7 Å². The summed E-state index contributed by atoms with van der Waals surface area (Å²) in [4.78, 5) is 32.4. The SMILES string of the molecule is COC[C@]1(O)CCCC[C@H]1n1cnc(C(=O)N2CCNC[C@H]2CCOc2ccc(C(N)=O)cc2OC)c1-c1ccccc1. The van der Waals surface area contributed by atoms with E-state index in [1.54, 1.807) is 31.6 Å². The highest BCUT2D eigenvalue weighted by atomic mass is 16.5. The van der Waals surface area contributed by atoms with E-state index in [-0.39, 0.29) is 24.6 Å². The van der Waals surface area contributed by atoms with Gasteiger partial charge >= 0.3 is 0 Å². The van der Waals surface area contributed by atoms with E-state index < -0.39 is 11.5 Å². The molecule has 2 amide bonds. The summed E-state index contributed by atoms with van der Waals surface area (Å²) in [5.41, 5.74) is 6.62. The second kappa shape index (κ2) is 13.6. The normalized spacial score (nSPS) is 22.3. The molecule has 1 aliphatic heterocycles. The molecule has 43 heavy (non-hydrogen) atoms. The number of aliphatic hydroxyl groups is 1. The number of nitrogens with one attached hydrogen (secondary N) is 1. The number of hydrogen-bond acceptors (Lipinski definition) is 8. The maximum Gasteiger partial charge on any atom is 0.275 e. The molecule has 0 unspecified atom stereocenters. The number of nitrogens with zero attached hydrogens (tertiary/aromatic N) is 3. The van der Waals surface area contributed by atoms with Gasteiger partial charge in [0.15, 0.2) is 17.2 Å². The average Bonchev–Trinajstić information content (AvgIpc) is 3.46. The molecule has 5 rings (SSSR count). The first-order chi connectivity index (χ1) is 20.9. The monoisotopic (exact) mass is 591 g/mol. The molecule has 3 atom stereocenters. The third kappa shape index (κ3) is 6.53. The Morgan fingerprint density at radius 2 is 1.95 bits per heavy atom. The fraction of sp³-hybridized carbons (Fsp3) is 0.469. The minimum atomic E-state index is -1.05. The number of piperazine rings is 1. The first-order valence-corrected chi connectivity index (χ1v) is 14.8. The van der Waals surface area contributed by atoms with Crippen molar-refractivity contribution in [1.29, 1.82) is 0 Å². The number of rotatable bonds is 11. The van der Waals surface area contributed by atoms with Crippen molar-refractivity contribution in [1.82, 2.24) is 19.8 Å². The molecule has 1 aliphatic carbocycles. The standard InChI is InChI=1S/C32H41N5O6/c1-41-20-32(40)14-7-6-10-27(32)37-21-35-28(29(37)22-8-4-3-5-9-22)31(39)36-16-15-34-19-24(36)13-17-43-25-12-11-23(30(33)38)18-26(25)42-2/h3-5,8-9,11-12,18,21,24,27,34,40H,6-7,10,13-17,19-20H2,1-2H3,(H2,33,38)/t24-,27-,32-/m1/s1. The molecular weight excluding hydrogens is 550 g/mol. The zero-order chi connectivity index (χ0) is 30.4. The van der Waals surface area contributed by atoms with Crippen LogP contribution in [-0.4, -0.2) is 90.1 Å². The Morgan fingerprint density at radius 3 is 2.70 bits per heavy atom. The number of benzene rings is 2. The Kier molecular flexibility index (Phi) is 9.64. The fourth-order valence-corrected chi connectivity index (χ4v) is 6.32. The molecule has 3 aromatic rings. The lowest BCUT2D eigenvalue weighted by atomic mass is 9.80. The van der Waals surface area contributed by atoms with Crippen molar-refractivity contribution < 1.29 is 28.9 Å². The Balaban J connectivity index is 1.39. The molecule has 4 N–H and O–H groups in total. The van der Waals surface area contributed by atoms with E-state index in [0.29, 0.717) is 67.5 Å². The Labute approximate surface area is 251 Å². The minimum absolute atomic E-state index is 0.133. The fourth-order valence-electron chi connectivity index (χ4n) is 6.32. The molecule has 1 aromatic heterocycles. The van der Waals surface area contributed by atoms with Crippen molar-refractivity contribution in [3.05, 3.63) is 66.1 Å². The van der Waals surface area contributed by atoms with Crippen LogP contribution in [0.2, 0.25) is 0 Å². The third-order valence-corrected chi connectivity index (χ3v) is 8.50. The lowest BCUT2D eigenvalue weighted by Crippen LogP contribution is -2.54. The van der Waals surface area contributed by atoms with Crippen LogP contribution in [0.5, 0.6) is 11.5 Å². The smallest absolute Gasteiger partial charge is 0.275 e. The van der Waals surface area contributed by atoms with Crippen molar-refractivity contribution in [2.24, 2.45) is 5.73 Å². The van der Waals surface area contributed by atoms with Crippen molar-refractivity contribution in [2.75, 3.05) is 47.1 Å². The van der Waals surface area contributed by atoms with E-state index in [1.165, 1.54) is 7.11 Å². The summed E-state index contributed by atoms with van der Waals surface area (Å²) < 4.78 is 18.8. The predicted octanol–water partition coefficient (Wildman–Crippen LogP) is 3.03. The van der Waals surface area contributed by atoms with Gasteiger partial charge in [-0.2, -0.15) is 0 Å². The van der Waals surface area contributed by atoms with E-state index >= 15 is 0 Å². The van der Waals surface area contributed by atoms with Crippen LogP contribution in [0.3, 0.4) is 0 Å². The first kappa shape index (κ1) is 30.5. The number of aromatic nitrogens is 2. The van der Waals surface area contributed by atoms with Crippen LogP contribution in [0.25, 0.3) is 11.3 Å². The van der Waals surface area contributed by atoms with Crippen LogP contribution in [0.1, 0.15) is 59.0 Å². The number of nitrogens with two attached hydrogens (primary N) is 1. The van der Waals surface area contributed by atoms with Gasteiger partial charge in [0.05, 0.1) is 38.4 Å². The summed E-state index contributed by atoms with van der Waals surface area (Å²) in [6.07, 6.45) is 5.55. The number of methoxy groups -OCH3 is 2. The highest BCUT2D eigenvalue weighted by Crippen LogP contribution is 2.41. The molecule has 2 heterocycles. The number of carbonyl (C=O) groups excluding carboxylic acids is 2. The average molecular weight is 592 g/mol. The van der Waals surface area contributed by atoms with Gasteiger partial charge in [0.1, 0.15) is 5.60 Å². The zero-order valence-electron chi connectivity index (χ0n) is 24.8. The summed E-state index contributed by atoms with van der Waals surface area (Å²) in [6.45, 7) is 2.35. The van der Waals surface area contributed by atoms with Gasteiger partial charge in [-0.1, -0.05) is 43.2 Å². The summed E-state index contributed by atoms with van der Waals surface area (Å²) in [6, 6.07) is 14.2. The van der Waals surface area contributed by atoms with Gasteiger partial charge in [0, 0.05) is 50.3 Å². The van der Waals surface area contributed by atoms with Gasteiger partial charge < -0.3 is 39.8 Å². The van der Waals surface area contributed by atoms with E-state index in [1.807, 2.05) is 39.8 Å². The molecule has 0 bridgehead atoms. The molecule has 230 valence electrons. The van der Waals surface area contributed by atoms with Crippen molar-refractivity contribution in [3.8, 4) is 22.8 Å². The van der Waals surface area contributed by atoms with Crippen LogP contribution in [0, 0.1) is 0 Å². The van der Waals surface area contributed by atoms with E-state index in [0.717, 1.165) is 24.8 Å². The second-order valence-corrected chi connectivity index (χ2v) is 11.2. The number of primary amides is 1. The second-order valence-electron chi connectivity index (χ2n) is 11.2. The maximum atomic E-state index is 14.3. The summed E-state index contributed by atoms with van der Waals surface area (Å²) in [5, 5.41) is 15.0. The summed E-state index contributed by atoms with van der Waals surface area (Å²) in [5.74, 6) is 0.213. The highest BCUT2D eigenvalue weighted by Gasteiger charge is 2.42. The molecule has 2 fully saturated rings. The number of hydrogen-bond donors (Lipinski definition) is 3. The third-order valence-electron chi connectivity index (χ3n) is 8.50. The summed E-state index contributed by atoms with van der Waals surface area (Å²) >= 11 is 0. The molecule has 1 saturated heterocycles. The molecule has 0 radical (unpaired) electrons. The van der Waals surface area contributed by atoms with Gasteiger partial charge in [-0.05, 0) is 31.0 Å². The van der Waals surface area contributed by atoms with Gasteiger partial charge in [-0.3, -0.25) is 9.59 Å². The molecule has 1 saturated carbocycles. The number of imidazole rings is 1. The van der Waals surface area contributed by atoms with Crippen molar-refractivity contribution in [2.45, 2.75) is 49.8 Å². The molecule has 2 aromatic carbocycles. The van der Waals surface area contributed by atoms with Crippen molar-refractivity contribution >= 4 is 11.8 Å². The van der Waals surface area contributed by atoms with Gasteiger partial charge in [-0.15, -0.1) is 0 Å². The van der Waals surface area contributed by atoms with Crippen LogP contribution in [0.4, 0.5) is 0 Å². The van der Waals surface area contributed by atoms with Crippen molar-refractivity contribution in [3.63, 3.8) is 0 Å². The lowest BCUT2D eigenvalue weighted by Gasteiger charge is -2.41. The zero-order valence-corrected chi connectivity index (χ0v) is 24.8. The predicted molar refractivity (Wildman–Crippen MR) is 161 cm³/mol. The molecular formula is C32H41N5O6. The Hall–Kier alpha value is -3.93. The number of carbonyl (C=O) groups is 2. The largest absolute Gasteiger partial charge is 0.493 e. The highest BCUT2D eigenvalue weighted by molar-refractivity contribution is 5.98. The lowest BCUT2D eigenvalue weighted by molar-refractivity contribution is -0.0893. The first-order valence-electron chi connectivity index (χ1n) is 14.8. The molecule has 11 heteroatoms. The Morgan fingerprint density at radius 1 is 1.14 bits per heavy atom. The molecule has 0 spiro atoms. The molecule has 2 aliphatic rings. The molecule has 11 nitrogen and oxygen atoms in total. The quantitative estimate of drug-likeness (QED) is 0.309. The van der Waals surface area contributed by atoms with Gasteiger partial charge in [0.25, 0.3) is 5.91 Å². The Bertz CT molecular complexity index is 1410. The van der Waals surface area contributed by atoms with Gasteiger partial charge in [0.2, 0.25) is 5.91 Å². The van der Waals surface area contributed by atoms with Crippen LogP contribution < -0.4 is 20.5 Å². The number of ether oxygens (including phenoxy) is 3. The van der Waals surface area contributed by atoms with Crippen LogP contribution in [0.15, 0.2) is 54.9 Å². The van der Waals surface area contributed by atoms with E-state index in [4.69, 9.17) is 19.9 Å². The summed E-state index contributed by atoms with van der Waals surface area (Å²) in [7, 11) is 3.11. The minimum Gasteiger partial charge on any atom is -0.493 e.